The van der Waals surface area contributed by atoms with Gasteiger partial charge in [0.25, 0.3) is 0 Å². The van der Waals surface area contributed by atoms with Crippen molar-refractivity contribution in [2.45, 2.75) is 26.2 Å². The van der Waals surface area contributed by atoms with Crippen LogP contribution in [0.5, 0.6) is 0 Å². The van der Waals surface area contributed by atoms with Crippen LogP contribution < -0.4 is 5.73 Å². The van der Waals surface area contributed by atoms with Gasteiger partial charge in [-0.15, -0.1) is 0 Å². The van der Waals surface area contributed by atoms with Crippen LogP contribution in [0.25, 0.3) is 0 Å². The first-order chi connectivity index (χ1) is 6.77. The van der Waals surface area contributed by atoms with Crippen molar-refractivity contribution in [3.8, 4) is 0 Å². The Bertz CT molecular complexity index is 369. The quantitative estimate of drug-likeness (QED) is 0.734. The molecule has 0 saturated heterocycles. The van der Waals surface area contributed by atoms with Crippen molar-refractivity contribution in [3.05, 3.63) is 23.4 Å². The molecule has 14 heavy (non-hydrogen) atoms. The number of nitrogen functional groups attached to an aromatic ring is 1. The highest BCUT2D eigenvalue weighted by Crippen LogP contribution is 2.17. The predicted octanol–water partition coefficient (Wildman–Crippen LogP) is 1.95. The molecule has 2 heterocycles. The average Bonchev–Trinajstić information content (AvgIpc) is 2.19. The molecule has 1 aromatic rings. The van der Waals surface area contributed by atoms with E-state index in [1.165, 1.54) is 29.7 Å². The fourth-order valence-corrected chi connectivity index (χ4v) is 1.80. The third kappa shape index (κ3) is 1.76. The molecule has 2 N–H and O–H groups in total. The van der Waals surface area contributed by atoms with Crippen LogP contribution in [0, 0.1) is 6.92 Å². The van der Waals surface area contributed by atoms with Gasteiger partial charge in [-0.1, -0.05) is 0 Å². The van der Waals surface area contributed by atoms with Crippen molar-refractivity contribution < 1.29 is 0 Å². The predicted molar refractivity (Wildman–Crippen MR) is 58.6 cm³/mol. The molecule has 2 rings (SSSR count). The number of nitrogens with zero attached hydrogens (tertiary/aromatic N) is 2. The number of nitrogens with two attached hydrogens (primary N) is 1. The molecule has 0 aromatic carbocycles. The Hall–Kier alpha value is -1.38. The number of hydrogen-bond acceptors (Lipinski definition) is 3. The zero-order valence-electron chi connectivity index (χ0n) is 8.45. The Morgan fingerprint density at radius 2 is 2.21 bits per heavy atom. The van der Waals surface area contributed by atoms with E-state index in [0.717, 1.165) is 13.0 Å². The molecule has 1 aromatic heterocycles. The van der Waals surface area contributed by atoms with Gasteiger partial charge in [-0.2, -0.15) is 0 Å². The van der Waals surface area contributed by atoms with Crippen molar-refractivity contribution in [3.63, 3.8) is 0 Å². The molecule has 0 spiro atoms. The number of hydrogen-bond donors (Lipinski definition) is 1. The summed E-state index contributed by atoms with van der Waals surface area (Å²) in [6.45, 7) is 3.02. The Balaban J connectivity index is 2.35. The van der Waals surface area contributed by atoms with Crippen LogP contribution in [0.3, 0.4) is 0 Å². The second-order valence-corrected chi connectivity index (χ2v) is 3.71. The van der Waals surface area contributed by atoms with Crippen LogP contribution >= 0.6 is 0 Å². The molecule has 1 aliphatic heterocycles. The van der Waals surface area contributed by atoms with Gasteiger partial charge >= 0.3 is 0 Å². The molecule has 0 saturated carbocycles. The summed E-state index contributed by atoms with van der Waals surface area (Å²) >= 11 is 0. The fourth-order valence-electron chi connectivity index (χ4n) is 1.80. The average molecular weight is 189 g/mol. The third-order valence-electron chi connectivity index (χ3n) is 2.57. The molecule has 0 fully saturated rings. The summed E-state index contributed by atoms with van der Waals surface area (Å²) < 4.78 is 0. The smallest absolute Gasteiger partial charge is 0.123 e. The fraction of sp³-hybridized carbons (Fsp3) is 0.455. The maximum atomic E-state index is 5.61. The number of aliphatic imine (C=N–C) groups is 1. The van der Waals surface area contributed by atoms with Crippen molar-refractivity contribution in [1.29, 1.82) is 0 Å². The lowest BCUT2D eigenvalue weighted by Gasteiger charge is -2.13. The molecule has 0 amide bonds. The summed E-state index contributed by atoms with van der Waals surface area (Å²) in [7, 11) is 0. The number of aromatic nitrogens is 1. The minimum absolute atomic E-state index is 0.586. The Labute approximate surface area is 84.1 Å². The van der Waals surface area contributed by atoms with Crippen LogP contribution in [0.4, 0.5) is 5.82 Å². The highest BCUT2D eigenvalue weighted by molar-refractivity contribution is 6.01. The molecule has 0 radical (unpaired) electrons. The van der Waals surface area contributed by atoms with Crippen LogP contribution in [-0.2, 0) is 0 Å². The van der Waals surface area contributed by atoms with Crippen LogP contribution in [0.15, 0.2) is 17.3 Å². The van der Waals surface area contributed by atoms with Crippen molar-refractivity contribution >= 4 is 11.5 Å². The summed E-state index contributed by atoms with van der Waals surface area (Å²) in [6.07, 6.45) is 5.37. The largest absolute Gasteiger partial charge is 0.384 e. The van der Waals surface area contributed by atoms with E-state index in [2.05, 4.69) is 16.9 Å². The maximum absolute atomic E-state index is 5.61. The van der Waals surface area contributed by atoms with Crippen LogP contribution in [0.2, 0.25) is 0 Å². The van der Waals surface area contributed by atoms with E-state index >= 15 is 0 Å². The zero-order chi connectivity index (χ0) is 9.97. The normalized spacial score (nSPS) is 16.5. The van der Waals surface area contributed by atoms with Crippen molar-refractivity contribution in [2.24, 2.45) is 4.99 Å². The standard InChI is InChI=1S/C11H15N3/c1-8-6-11(12)14-7-9(8)10-4-2-3-5-13-10/h6-7H,2-5H2,1H3,(H2,12,14). The van der Waals surface area contributed by atoms with E-state index in [1.54, 1.807) is 0 Å². The maximum Gasteiger partial charge on any atom is 0.123 e. The second kappa shape index (κ2) is 3.78. The third-order valence-corrected chi connectivity index (χ3v) is 2.57. The van der Waals surface area contributed by atoms with Crippen molar-refractivity contribution in [1.82, 2.24) is 4.98 Å². The monoisotopic (exact) mass is 189 g/mol. The molecular weight excluding hydrogens is 174 g/mol. The molecule has 0 atom stereocenters. The van der Waals surface area contributed by atoms with Gasteiger partial charge in [0, 0.05) is 24.0 Å². The summed E-state index contributed by atoms with van der Waals surface area (Å²) in [4.78, 5) is 8.64. The van der Waals surface area contributed by atoms with Gasteiger partial charge < -0.3 is 5.73 Å². The highest BCUT2D eigenvalue weighted by atomic mass is 14.8. The number of aryl methyl sites for hydroxylation is 1. The lowest BCUT2D eigenvalue weighted by Crippen LogP contribution is -2.10. The first-order valence-corrected chi connectivity index (χ1v) is 5.03. The van der Waals surface area contributed by atoms with Crippen LogP contribution in [0.1, 0.15) is 30.4 Å². The molecule has 1 aliphatic rings. The second-order valence-electron chi connectivity index (χ2n) is 3.71. The minimum atomic E-state index is 0.586. The summed E-state index contributed by atoms with van der Waals surface area (Å²) in [5.41, 5.74) is 9.15. The topological polar surface area (TPSA) is 51.3 Å². The Kier molecular flexibility index (Phi) is 2.48. The van der Waals surface area contributed by atoms with E-state index < -0.39 is 0 Å². The van der Waals surface area contributed by atoms with Gasteiger partial charge in [0.1, 0.15) is 5.82 Å². The number of anilines is 1. The number of pyridine rings is 1. The van der Waals surface area contributed by atoms with Gasteiger partial charge in [-0.25, -0.2) is 4.98 Å². The molecule has 74 valence electrons. The summed E-state index contributed by atoms with van der Waals surface area (Å²) in [5.74, 6) is 0.586. The van der Waals surface area contributed by atoms with E-state index in [0.29, 0.717) is 5.82 Å². The summed E-state index contributed by atoms with van der Waals surface area (Å²) in [5, 5.41) is 0. The minimum Gasteiger partial charge on any atom is -0.384 e. The highest BCUT2D eigenvalue weighted by Gasteiger charge is 2.10. The van der Waals surface area contributed by atoms with Gasteiger partial charge in [0.2, 0.25) is 0 Å². The lowest BCUT2D eigenvalue weighted by molar-refractivity contribution is 0.738. The SMILES string of the molecule is Cc1cc(N)ncc1C1=NCCCC1. The van der Waals surface area contributed by atoms with Gasteiger partial charge in [-0.3, -0.25) is 4.99 Å². The van der Waals surface area contributed by atoms with Gasteiger partial charge in [0.05, 0.1) is 0 Å². The Morgan fingerprint density at radius 1 is 1.36 bits per heavy atom. The van der Waals surface area contributed by atoms with E-state index in [1.807, 2.05) is 12.3 Å². The van der Waals surface area contributed by atoms with E-state index in [4.69, 9.17) is 5.73 Å². The molecule has 3 nitrogen and oxygen atoms in total. The molecular formula is C11H15N3. The van der Waals surface area contributed by atoms with Crippen molar-refractivity contribution in [2.75, 3.05) is 12.3 Å². The molecule has 0 unspecified atom stereocenters. The zero-order valence-corrected chi connectivity index (χ0v) is 8.45. The van der Waals surface area contributed by atoms with E-state index in [-0.39, 0.29) is 0 Å². The molecule has 0 aliphatic carbocycles. The van der Waals surface area contributed by atoms with Crippen LogP contribution in [-0.4, -0.2) is 17.2 Å². The first-order valence-electron chi connectivity index (χ1n) is 5.03. The Morgan fingerprint density at radius 3 is 2.86 bits per heavy atom. The number of rotatable bonds is 1. The molecule has 0 bridgehead atoms. The van der Waals surface area contributed by atoms with Gasteiger partial charge in [-0.05, 0) is 37.8 Å². The van der Waals surface area contributed by atoms with E-state index in [9.17, 15) is 0 Å². The van der Waals surface area contributed by atoms with Gasteiger partial charge in [0.15, 0.2) is 0 Å². The molecule has 3 heteroatoms. The first kappa shape index (κ1) is 9.19. The summed E-state index contributed by atoms with van der Waals surface area (Å²) in [6, 6.07) is 1.91. The lowest BCUT2D eigenvalue weighted by atomic mass is 10.00.